The average molecular weight is 439 g/mol. The van der Waals surface area contributed by atoms with Crippen LogP contribution >= 0.6 is 11.3 Å². The van der Waals surface area contributed by atoms with Crippen LogP contribution in [-0.2, 0) is 11.2 Å². The Morgan fingerprint density at radius 1 is 1.16 bits per heavy atom. The maximum absolute atomic E-state index is 13.8. The molecule has 2 heterocycles. The molecule has 2 amide bonds. The highest BCUT2D eigenvalue weighted by molar-refractivity contribution is 7.14. The Hall–Kier alpha value is -3.13. The van der Waals surface area contributed by atoms with Gasteiger partial charge in [0.05, 0.1) is 11.3 Å². The van der Waals surface area contributed by atoms with E-state index in [1.54, 1.807) is 0 Å². The topological polar surface area (TPSA) is 62.3 Å². The first-order valence-corrected chi connectivity index (χ1v) is 11.0. The monoisotopic (exact) mass is 439 g/mol. The largest absolute Gasteiger partial charge is 0.309 e. The fraction of sp³-hybridized carbons (Fsp3) is 0.261. The van der Waals surface area contributed by atoms with E-state index in [0.717, 1.165) is 48.2 Å². The number of nitrogens with zero attached hydrogens (tertiary/aromatic N) is 2. The van der Waals surface area contributed by atoms with Crippen LogP contribution in [0, 0.1) is 17.6 Å². The van der Waals surface area contributed by atoms with Gasteiger partial charge >= 0.3 is 0 Å². The third-order valence-electron chi connectivity index (χ3n) is 5.66. The van der Waals surface area contributed by atoms with Gasteiger partial charge in [0.1, 0.15) is 11.6 Å². The number of carbonyl (C=O) groups excluding carboxylic acids is 2. The molecule has 1 fully saturated rings. The van der Waals surface area contributed by atoms with Gasteiger partial charge in [-0.25, -0.2) is 13.8 Å². The van der Waals surface area contributed by atoms with Crippen LogP contribution in [0.15, 0.2) is 41.8 Å². The first-order chi connectivity index (χ1) is 14.9. The van der Waals surface area contributed by atoms with Crippen LogP contribution in [0.5, 0.6) is 0 Å². The van der Waals surface area contributed by atoms with E-state index in [-0.39, 0.29) is 23.4 Å². The number of fused-ring (bicyclic) bond motifs is 1. The summed E-state index contributed by atoms with van der Waals surface area (Å²) in [5.41, 5.74) is 3.39. The zero-order valence-corrected chi connectivity index (χ0v) is 17.5. The minimum atomic E-state index is -0.924. The summed E-state index contributed by atoms with van der Waals surface area (Å²) >= 11 is 1.22. The minimum absolute atomic E-state index is 0.134. The van der Waals surface area contributed by atoms with Crippen LogP contribution in [0.1, 0.15) is 35.7 Å². The summed E-state index contributed by atoms with van der Waals surface area (Å²) in [6, 6.07) is 8.86. The van der Waals surface area contributed by atoms with Gasteiger partial charge in [-0.05, 0) is 56.0 Å². The molecule has 158 valence electrons. The van der Waals surface area contributed by atoms with Crippen LogP contribution in [0.2, 0.25) is 0 Å². The fourth-order valence-electron chi connectivity index (χ4n) is 3.96. The summed E-state index contributed by atoms with van der Waals surface area (Å²) in [5.74, 6) is -1.97. The van der Waals surface area contributed by atoms with Gasteiger partial charge in [0, 0.05) is 34.7 Å². The number of amides is 2. The number of rotatable bonds is 4. The van der Waals surface area contributed by atoms with Crippen molar-refractivity contribution in [1.82, 2.24) is 4.98 Å². The lowest BCUT2D eigenvalue weighted by Gasteiger charge is -2.22. The Bertz CT molecular complexity index is 1210. The number of aromatic nitrogens is 1. The summed E-state index contributed by atoms with van der Waals surface area (Å²) in [6.45, 7) is 2.06. The molecule has 1 saturated carbocycles. The van der Waals surface area contributed by atoms with Crippen molar-refractivity contribution >= 4 is 34.0 Å². The van der Waals surface area contributed by atoms with E-state index in [1.165, 1.54) is 11.3 Å². The van der Waals surface area contributed by atoms with Gasteiger partial charge in [0.2, 0.25) is 5.91 Å². The number of nitrogens with one attached hydrogen (secondary N) is 1. The summed E-state index contributed by atoms with van der Waals surface area (Å²) in [7, 11) is 0. The normalized spacial score (nSPS) is 17.5. The van der Waals surface area contributed by atoms with Gasteiger partial charge < -0.3 is 4.90 Å². The molecule has 0 saturated heterocycles. The molecule has 0 unspecified atom stereocenters. The van der Waals surface area contributed by atoms with E-state index in [9.17, 15) is 18.4 Å². The van der Waals surface area contributed by atoms with E-state index < -0.39 is 17.5 Å². The lowest BCUT2D eigenvalue weighted by molar-refractivity contribution is -0.120. The van der Waals surface area contributed by atoms with Gasteiger partial charge in [0.25, 0.3) is 5.91 Å². The zero-order valence-electron chi connectivity index (χ0n) is 16.7. The van der Waals surface area contributed by atoms with Crippen molar-refractivity contribution in [3.8, 4) is 11.3 Å². The third-order valence-corrected chi connectivity index (χ3v) is 6.41. The van der Waals surface area contributed by atoms with Gasteiger partial charge in [-0.15, -0.1) is 11.3 Å². The highest BCUT2D eigenvalue weighted by Crippen LogP contribution is 2.40. The summed E-state index contributed by atoms with van der Waals surface area (Å²) < 4.78 is 26.9. The molecule has 1 aliphatic heterocycles. The molecule has 0 bridgehead atoms. The Kier molecular flexibility index (Phi) is 4.81. The molecule has 1 aliphatic carbocycles. The van der Waals surface area contributed by atoms with Crippen molar-refractivity contribution in [1.29, 1.82) is 0 Å². The fourth-order valence-corrected chi connectivity index (χ4v) is 4.67. The number of thiazole rings is 1. The van der Waals surface area contributed by atoms with Crippen molar-refractivity contribution in [2.75, 3.05) is 10.2 Å². The first-order valence-electron chi connectivity index (χ1n) is 10.1. The van der Waals surface area contributed by atoms with Crippen molar-refractivity contribution in [3.05, 3.63) is 64.5 Å². The highest BCUT2D eigenvalue weighted by Gasteiger charge is 2.39. The van der Waals surface area contributed by atoms with E-state index in [0.29, 0.717) is 16.9 Å². The SMILES string of the molecule is C[C@@H]1Cc2cc(-c3csc(NC(=O)c4ccc(F)cc4F)n3)ccc2N1C(=O)C1CC1. The van der Waals surface area contributed by atoms with Gasteiger partial charge in [-0.3, -0.25) is 14.9 Å². The lowest BCUT2D eigenvalue weighted by Crippen LogP contribution is -2.36. The Balaban J connectivity index is 1.35. The van der Waals surface area contributed by atoms with Crippen molar-refractivity contribution in [3.63, 3.8) is 0 Å². The molecule has 2 aromatic carbocycles. The first kappa shape index (κ1) is 19.8. The zero-order chi connectivity index (χ0) is 21.7. The van der Waals surface area contributed by atoms with Gasteiger partial charge in [-0.2, -0.15) is 0 Å². The quantitative estimate of drug-likeness (QED) is 0.620. The molecule has 0 spiro atoms. The van der Waals surface area contributed by atoms with E-state index in [1.807, 2.05) is 28.5 Å². The summed E-state index contributed by atoms with van der Waals surface area (Å²) in [4.78, 5) is 31.3. The van der Waals surface area contributed by atoms with E-state index >= 15 is 0 Å². The average Bonchev–Trinajstić information content (AvgIpc) is 3.39. The Morgan fingerprint density at radius 3 is 2.71 bits per heavy atom. The molecule has 1 N–H and O–H groups in total. The second kappa shape index (κ2) is 7.53. The predicted molar refractivity (Wildman–Crippen MR) is 115 cm³/mol. The number of carbonyl (C=O) groups is 2. The molecular weight excluding hydrogens is 420 g/mol. The number of hydrogen-bond acceptors (Lipinski definition) is 4. The number of benzene rings is 2. The highest BCUT2D eigenvalue weighted by atomic mass is 32.1. The molecule has 0 radical (unpaired) electrons. The van der Waals surface area contributed by atoms with Crippen LogP contribution < -0.4 is 10.2 Å². The Labute approximate surface area is 181 Å². The second-order valence-corrected chi connectivity index (χ2v) is 8.85. The van der Waals surface area contributed by atoms with E-state index in [2.05, 4.69) is 17.2 Å². The third kappa shape index (κ3) is 3.72. The van der Waals surface area contributed by atoms with Crippen LogP contribution in [0.25, 0.3) is 11.3 Å². The minimum Gasteiger partial charge on any atom is -0.309 e. The van der Waals surface area contributed by atoms with Crippen LogP contribution in [-0.4, -0.2) is 22.8 Å². The molecule has 5 rings (SSSR count). The standard InChI is InChI=1S/C23H19F2N3O2S/c1-12-8-15-9-14(4-7-20(15)28(12)22(30)13-2-3-13)19-11-31-23(26-19)27-21(29)17-6-5-16(24)10-18(17)25/h4-7,9-13H,2-3,8H2,1H3,(H,26,27,29)/t12-/m1/s1. The Morgan fingerprint density at radius 2 is 1.97 bits per heavy atom. The predicted octanol–water partition coefficient (Wildman–Crippen LogP) is 5.03. The van der Waals surface area contributed by atoms with Crippen molar-refractivity contribution < 1.29 is 18.4 Å². The molecule has 1 aromatic heterocycles. The van der Waals surface area contributed by atoms with Crippen LogP contribution in [0.3, 0.4) is 0 Å². The smallest absolute Gasteiger partial charge is 0.260 e. The molecule has 1 atom stereocenters. The number of halogens is 2. The molecule has 31 heavy (non-hydrogen) atoms. The van der Waals surface area contributed by atoms with Crippen molar-refractivity contribution in [2.24, 2.45) is 5.92 Å². The maximum Gasteiger partial charge on any atom is 0.260 e. The van der Waals surface area contributed by atoms with Crippen LogP contribution in [0.4, 0.5) is 19.6 Å². The molecule has 3 aromatic rings. The summed E-state index contributed by atoms with van der Waals surface area (Å²) in [5, 5.41) is 4.69. The molecule has 2 aliphatic rings. The maximum atomic E-state index is 13.8. The number of hydrogen-bond donors (Lipinski definition) is 1. The van der Waals surface area contributed by atoms with Crippen molar-refractivity contribution in [2.45, 2.75) is 32.2 Å². The molecular formula is C23H19F2N3O2S. The van der Waals surface area contributed by atoms with Gasteiger partial charge in [0.15, 0.2) is 5.13 Å². The molecule has 8 heteroatoms. The number of anilines is 2. The van der Waals surface area contributed by atoms with Gasteiger partial charge in [-0.1, -0.05) is 6.07 Å². The molecule has 5 nitrogen and oxygen atoms in total. The lowest BCUT2D eigenvalue weighted by atomic mass is 10.1. The summed E-state index contributed by atoms with van der Waals surface area (Å²) in [6.07, 6.45) is 2.74. The van der Waals surface area contributed by atoms with E-state index in [4.69, 9.17) is 0 Å². The second-order valence-electron chi connectivity index (χ2n) is 8.00.